The molecule has 1 aliphatic heterocycles. The number of ether oxygens (including phenoxy) is 2. The molecule has 1 N–H and O–H groups in total. The van der Waals surface area contributed by atoms with Crippen molar-refractivity contribution in [2.24, 2.45) is 0 Å². The topological polar surface area (TPSA) is 64.6 Å². The van der Waals surface area contributed by atoms with Crippen LogP contribution in [0.5, 0.6) is 0 Å². The van der Waals surface area contributed by atoms with E-state index < -0.39 is 17.7 Å². The average Bonchev–Trinajstić information content (AvgIpc) is 2.24. The van der Waals surface area contributed by atoms with E-state index in [4.69, 9.17) is 9.47 Å². The number of likely N-dealkylation sites (N-methyl/N-ethyl adjacent to an activating group) is 1. The van der Waals surface area contributed by atoms with Crippen LogP contribution in [-0.4, -0.2) is 24.7 Å². The summed E-state index contributed by atoms with van der Waals surface area (Å²) in [4.78, 5) is 21.9. The monoisotopic (exact) mass is 185 g/mol. The van der Waals surface area contributed by atoms with E-state index in [0.29, 0.717) is 0 Å². The fraction of sp³-hybridized carbons (Fsp3) is 0.500. The van der Waals surface area contributed by atoms with Crippen molar-refractivity contribution >= 4 is 11.9 Å². The van der Waals surface area contributed by atoms with E-state index >= 15 is 0 Å². The molecule has 13 heavy (non-hydrogen) atoms. The van der Waals surface area contributed by atoms with Crippen LogP contribution in [0.3, 0.4) is 0 Å². The molecule has 1 fully saturated rings. The molecule has 5 heteroatoms. The van der Waals surface area contributed by atoms with Crippen LogP contribution in [0.25, 0.3) is 0 Å². The highest BCUT2D eigenvalue weighted by Gasteiger charge is 2.37. The molecule has 0 aromatic rings. The second kappa shape index (κ2) is 3.08. The molecule has 0 atom stereocenters. The standard InChI is InChI=1S/C8H11NO4/c1-8(2)12-5(7(11)13-8)4-6(10)9-3/h4H,1-3H3,(H,9,10). The quantitative estimate of drug-likeness (QED) is 0.458. The maximum atomic E-state index is 11.0. The summed E-state index contributed by atoms with van der Waals surface area (Å²) in [6.45, 7) is 3.19. The Bertz CT molecular complexity index is 280. The fourth-order valence-corrected chi connectivity index (χ4v) is 0.880. The van der Waals surface area contributed by atoms with Crippen molar-refractivity contribution in [1.82, 2.24) is 5.32 Å². The molecule has 0 aliphatic carbocycles. The number of carbonyl (C=O) groups excluding carboxylic acids is 2. The molecule has 1 amide bonds. The lowest BCUT2D eigenvalue weighted by Crippen LogP contribution is -2.20. The molecule has 0 aromatic carbocycles. The van der Waals surface area contributed by atoms with Gasteiger partial charge in [-0.2, -0.15) is 0 Å². The molecular formula is C8H11NO4. The van der Waals surface area contributed by atoms with E-state index in [2.05, 4.69) is 5.32 Å². The Morgan fingerprint density at radius 2 is 2.08 bits per heavy atom. The molecule has 0 aromatic heterocycles. The lowest BCUT2D eigenvalue weighted by atomic mass is 10.4. The third-order valence-corrected chi connectivity index (χ3v) is 1.40. The maximum absolute atomic E-state index is 11.0. The van der Waals surface area contributed by atoms with Crippen molar-refractivity contribution < 1.29 is 19.1 Å². The summed E-state index contributed by atoms with van der Waals surface area (Å²) in [5.74, 6) is -2.06. The Morgan fingerprint density at radius 1 is 1.46 bits per heavy atom. The van der Waals surface area contributed by atoms with Crippen LogP contribution < -0.4 is 5.32 Å². The van der Waals surface area contributed by atoms with Gasteiger partial charge in [0, 0.05) is 20.9 Å². The molecule has 5 nitrogen and oxygen atoms in total. The summed E-state index contributed by atoms with van der Waals surface area (Å²) in [6.07, 6.45) is 1.07. The van der Waals surface area contributed by atoms with E-state index in [1.165, 1.54) is 7.05 Å². The number of esters is 1. The van der Waals surface area contributed by atoms with Crippen LogP contribution in [0.2, 0.25) is 0 Å². The molecule has 72 valence electrons. The largest absolute Gasteiger partial charge is 0.445 e. The summed E-state index contributed by atoms with van der Waals surface area (Å²) in [5.41, 5.74) is 0. The van der Waals surface area contributed by atoms with Gasteiger partial charge in [0.1, 0.15) is 0 Å². The van der Waals surface area contributed by atoms with Crippen molar-refractivity contribution in [1.29, 1.82) is 0 Å². The first-order valence-corrected chi connectivity index (χ1v) is 3.80. The number of hydrogen-bond acceptors (Lipinski definition) is 4. The third-order valence-electron chi connectivity index (χ3n) is 1.40. The van der Waals surface area contributed by atoms with Gasteiger partial charge < -0.3 is 14.8 Å². The number of carbonyl (C=O) groups is 2. The molecule has 0 radical (unpaired) electrons. The number of nitrogens with one attached hydrogen (secondary N) is 1. The van der Waals surface area contributed by atoms with E-state index in [9.17, 15) is 9.59 Å². The second-order valence-electron chi connectivity index (χ2n) is 3.01. The first-order chi connectivity index (χ1) is 5.94. The number of rotatable bonds is 1. The molecular weight excluding hydrogens is 174 g/mol. The van der Waals surface area contributed by atoms with Gasteiger partial charge in [0.25, 0.3) is 0 Å². The van der Waals surface area contributed by atoms with Crippen LogP contribution in [0, 0.1) is 0 Å². The van der Waals surface area contributed by atoms with Gasteiger partial charge in [-0.3, -0.25) is 4.79 Å². The smallest absolute Gasteiger partial charge is 0.377 e. The number of hydrogen-bond donors (Lipinski definition) is 1. The van der Waals surface area contributed by atoms with Gasteiger partial charge in [0.05, 0.1) is 6.08 Å². The molecule has 0 saturated carbocycles. The lowest BCUT2D eigenvalue weighted by molar-refractivity contribution is -0.159. The summed E-state index contributed by atoms with van der Waals surface area (Å²) < 4.78 is 9.86. The number of amides is 1. The molecule has 0 unspecified atom stereocenters. The van der Waals surface area contributed by atoms with Gasteiger partial charge in [-0.25, -0.2) is 4.79 Å². The van der Waals surface area contributed by atoms with Crippen LogP contribution in [0.1, 0.15) is 13.8 Å². The van der Waals surface area contributed by atoms with Crippen molar-refractivity contribution in [3.05, 3.63) is 11.8 Å². The summed E-state index contributed by atoms with van der Waals surface area (Å²) in [6, 6.07) is 0. The van der Waals surface area contributed by atoms with Crippen LogP contribution in [0.15, 0.2) is 11.8 Å². The molecule has 1 aliphatic rings. The predicted octanol–water partition coefficient (Wildman–Crippen LogP) is -0.0742. The first-order valence-electron chi connectivity index (χ1n) is 3.80. The Labute approximate surface area is 75.7 Å². The van der Waals surface area contributed by atoms with E-state index in [1.807, 2.05) is 0 Å². The zero-order valence-electron chi connectivity index (χ0n) is 7.71. The first kappa shape index (κ1) is 9.57. The van der Waals surface area contributed by atoms with E-state index in [0.717, 1.165) is 6.08 Å². The molecule has 1 saturated heterocycles. The second-order valence-corrected chi connectivity index (χ2v) is 3.01. The fourth-order valence-electron chi connectivity index (χ4n) is 0.880. The van der Waals surface area contributed by atoms with E-state index in [-0.39, 0.29) is 5.76 Å². The Balaban J connectivity index is 2.79. The minimum absolute atomic E-state index is 0.0654. The van der Waals surface area contributed by atoms with Crippen molar-refractivity contribution in [3.63, 3.8) is 0 Å². The normalized spacial score (nSPS) is 22.4. The van der Waals surface area contributed by atoms with Crippen molar-refractivity contribution in [2.75, 3.05) is 7.05 Å². The van der Waals surface area contributed by atoms with Crippen LogP contribution in [-0.2, 0) is 19.1 Å². The number of cyclic esters (lactones) is 1. The molecule has 1 rings (SSSR count). The Hall–Kier alpha value is -1.52. The SMILES string of the molecule is CNC(=O)C=C1OC(C)(C)OC1=O. The highest BCUT2D eigenvalue weighted by molar-refractivity contribution is 5.97. The third kappa shape index (κ3) is 2.21. The van der Waals surface area contributed by atoms with Crippen LogP contribution in [0.4, 0.5) is 0 Å². The highest BCUT2D eigenvalue weighted by Crippen LogP contribution is 2.25. The zero-order chi connectivity index (χ0) is 10.1. The predicted molar refractivity (Wildman–Crippen MR) is 43.4 cm³/mol. The van der Waals surface area contributed by atoms with Gasteiger partial charge in [-0.15, -0.1) is 0 Å². The highest BCUT2D eigenvalue weighted by atomic mass is 16.8. The van der Waals surface area contributed by atoms with E-state index in [1.54, 1.807) is 13.8 Å². The molecule has 0 spiro atoms. The summed E-state index contributed by atoms with van der Waals surface area (Å²) in [5, 5.41) is 2.34. The minimum atomic E-state index is -0.975. The zero-order valence-corrected chi connectivity index (χ0v) is 7.71. The van der Waals surface area contributed by atoms with Gasteiger partial charge in [0.2, 0.25) is 17.5 Å². The Kier molecular flexibility index (Phi) is 2.27. The Morgan fingerprint density at radius 3 is 2.46 bits per heavy atom. The van der Waals surface area contributed by atoms with Crippen molar-refractivity contribution in [3.8, 4) is 0 Å². The van der Waals surface area contributed by atoms with Gasteiger partial charge in [-0.05, 0) is 0 Å². The lowest BCUT2D eigenvalue weighted by Gasteiger charge is -2.13. The van der Waals surface area contributed by atoms with Gasteiger partial charge >= 0.3 is 5.97 Å². The van der Waals surface area contributed by atoms with Gasteiger partial charge in [-0.1, -0.05) is 0 Å². The summed E-state index contributed by atoms with van der Waals surface area (Å²) in [7, 11) is 1.46. The average molecular weight is 185 g/mol. The van der Waals surface area contributed by atoms with Crippen molar-refractivity contribution in [2.45, 2.75) is 19.6 Å². The van der Waals surface area contributed by atoms with Crippen LogP contribution >= 0.6 is 0 Å². The maximum Gasteiger partial charge on any atom is 0.377 e. The molecule has 0 bridgehead atoms. The van der Waals surface area contributed by atoms with Gasteiger partial charge in [0.15, 0.2) is 0 Å². The molecule has 1 heterocycles. The summed E-state index contributed by atoms with van der Waals surface area (Å²) >= 11 is 0. The minimum Gasteiger partial charge on any atom is -0.445 e.